The zero-order chi connectivity index (χ0) is 16.1. The van der Waals surface area contributed by atoms with Gasteiger partial charge in [0.1, 0.15) is 5.82 Å². The normalized spacial score (nSPS) is 22.0. The minimum atomic E-state index is -2.89. The van der Waals surface area contributed by atoms with E-state index in [0.717, 1.165) is 24.6 Å². The third kappa shape index (κ3) is 2.43. The highest BCUT2D eigenvalue weighted by Gasteiger charge is 2.50. The standard InChI is InChI=1S/C16H20N4O2S/c1-19-14(16(7-8-16)13-5-3-2-4-6-13)17-18-15(19)20-9-11-23(21,22)12-10-20/h2-6H,7-12H2,1H3. The maximum absolute atomic E-state index is 11.6. The van der Waals surface area contributed by atoms with E-state index in [-0.39, 0.29) is 16.9 Å². The van der Waals surface area contributed by atoms with Crippen molar-refractivity contribution in [2.75, 3.05) is 29.5 Å². The number of benzene rings is 1. The molecule has 0 N–H and O–H groups in total. The Kier molecular flexibility index (Phi) is 3.23. The van der Waals surface area contributed by atoms with Crippen molar-refractivity contribution in [3.8, 4) is 0 Å². The molecule has 23 heavy (non-hydrogen) atoms. The van der Waals surface area contributed by atoms with Crippen LogP contribution < -0.4 is 4.90 Å². The third-order valence-electron chi connectivity index (χ3n) is 4.98. The number of sulfone groups is 1. The molecule has 2 aromatic rings. The zero-order valence-corrected chi connectivity index (χ0v) is 14.0. The second kappa shape index (κ2) is 5.06. The fourth-order valence-corrected chi connectivity index (χ4v) is 4.65. The summed E-state index contributed by atoms with van der Waals surface area (Å²) in [5.74, 6) is 2.14. The van der Waals surface area contributed by atoms with Gasteiger partial charge < -0.3 is 4.90 Å². The Balaban J connectivity index is 1.65. The van der Waals surface area contributed by atoms with Crippen molar-refractivity contribution in [3.05, 3.63) is 41.7 Å². The van der Waals surface area contributed by atoms with Crippen molar-refractivity contribution < 1.29 is 8.42 Å². The van der Waals surface area contributed by atoms with Crippen LogP contribution in [0, 0.1) is 0 Å². The van der Waals surface area contributed by atoms with E-state index in [1.807, 2.05) is 22.6 Å². The maximum atomic E-state index is 11.6. The van der Waals surface area contributed by atoms with Gasteiger partial charge in [-0.25, -0.2) is 8.42 Å². The number of rotatable bonds is 3. The maximum Gasteiger partial charge on any atom is 0.227 e. The summed E-state index contributed by atoms with van der Waals surface area (Å²) >= 11 is 0. The molecule has 7 heteroatoms. The topological polar surface area (TPSA) is 68.1 Å². The average molecular weight is 332 g/mol. The minimum absolute atomic E-state index is 0.0247. The molecule has 0 radical (unpaired) electrons. The number of anilines is 1. The van der Waals surface area contributed by atoms with Crippen LogP contribution in [0.15, 0.2) is 30.3 Å². The third-order valence-corrected chi connectivity index (χ3v) is 6.59. The molecule has 2 fully saturated rings. The molecule has 4 rings (SSSR count). The molecule has 0 spiro atoms. The molecule has 1 saturated heterocycles. The van der Waals surface area contributed by atoms with Crippen LogP contribution in [0.1, 0.15) is 24.2 Å². The Bertz CT molecular complexity index is 811. The van der Waals surface area contributed by atoms with Crippen molar-refractivity contribution >= 4 is 15.8 Å². The van der Waals surface area contributed by atoms with Gasteiger partial charge in [0.25, 0.3) is 0 Å². The Labute approximate surface area is 136 Å². The first kappa shape index (κ1) is 14.7. The summed E-state index contributed by atoms with van der Waals surface area (Å²) in [6, 6.07) is 10.4. The molecule has 122 valence electrons. The smallest absolute Gasteiger partial charge is 0.227 e. The van der Waals surface area contributed by atoms with E-state index in [1.165, 1.54) is 5.56 Å². The molecule has 0 unspecified atom stereocenters. The first-order valence-electron chi connectivity index (χ1n) is 7.93. The molecule has 1 aromatic carbocycles. The van der Waals surface area contributed by atoms with E-state index in [2.05, 4.69) is 34.5 Å². The van der Waals surface area contributed by atoms with Gasteiger partial charge in [-0.2, -0.15) is 0 Å². The minimum Gasteiger partial charge on any atom is -0.339 e. The first-order chi connectivity index (χ1) is 11.0. The Morgan fingerprint density at radius 2 is 1.70 bits per heavy atom. The number of aromatic nitrogens is 3. The van der Waals surface area contributed by atoms with Crippen LogP contribution in [0.25, 0.3) is 0 Å². The fourth-order valence-electron chi connectivity index (χ4n) is 3.45. The van der Waals surface area contributed by atoms with Gasteiger partial charge in [-0.15, -0.1) is 10.2 Å². The van der Waals surface area contributed by atoms with Crippen LogP contribution in [0.4, 0.5) is 5.95 Å². The van der Waals surface area contributed by atoms with E-state index in [9.17, 15) is 8.42 Å². The lowest BCUT2D eigenvalue weighted by molar-refractivity contribution is 0.584. The van der Waals surface area contributed by atoms with E-state index >= 15 is 0 Å². The van der Waals surface area contributed by atoms with Crippen LogP contribution in [0.3, 0.4) is 0 Å². The predicted molar refractivity (Wildman–Crippen MR) is 88.3 cm³/mol. The van der Waals surface area contributed by atoms with Crippen molar-refractivity contribution in [1.29, 1.82) is 0 Å². The molecule has 6 nitrogen and oxygen atoms in total. The van der Waals surface area contributed by atoms with E-state index in [0.29, 0.717) is 13.1 Å². The van der Waals surface area contributed by atoms with Gasteiger partial charge in [-0.1, -0.05) is 30.3 Å². The van der Waals surface area contributed by atoms with Gasteiger partial charge in [0, 0.05) is 20.1 Å². The quantitative estimate of drug-likeness (QED) is 0.843. The van der Waals surface area contributed by atoms with Crippen molar-refractivity contribution in [1.82, 2.24) is 14.8 Å². The monoisotopic (exact) mass is 332 g/mol. The lowest BCUT2D eigenvalue weighted by Gasteiger charge is -2.27. The summed E-state index contributed by atoms with van der Waals surface area (Å²) in [5, 5.41) is 8.82. The van der Waals surface area contributed by atoms with Crippen LogP contribution in [-0.4, -0.2) is 47.8 Å². The van der Waals surface area contributed by atoms with E-state index in [1.54, 1.807) is 0 Å². The fraction of sp³-hybridized carbons (Fsp3) is 0.500. The molecular formula is C16H20N4O2S. The van der Waals surface area contributed by atoms with Crippen molar-refractivity contribution in [2.24, 2.45) is 7.05 Å². The number of hydrogen-bond acceptors (Lipinski definition) is 5. The Hall–Kier alpha value is -1.89. The molecule has 1 aromatic heterocycles. The Morgan fingerprint density at radius 3 is 2.30 bits per heavy atom. The van der Waals surface area contributed by atoms with Crippen molar-refractivity contribution in [3.63, 3.8) is 0 Å². The highest BCUT2D eigenvalue weighted by atomic mass is 32.2. The highest BCUT2D eigenvalue weighted by Crippen LogP contribution is 2.52. The van der Waals surface area contributed by atoms with Gasteiger partial charge >= 0.3 is 0 Å². The average Bonchev–Trinajstić information content (AvgIpc) is 3.26. The molecule has 0 amide bonds. The van der Waals surface area contributed by atoms with E-state index in [4.69, 9.17) is 0 Å². The van der Waals surface area contributed by atoms with Crippen LogP contribution in [0.2, 0.25) is 0 Å². The van der Waals surface area contributed by atoms with Gasteiger partial charge in [0.2, 0.25) is 5.95 Å². The van der Waals surface area contributed by atoms with Gasteiger partial charge in [0.05, 0.1) is 16.9 Å². The molecular weight excluding hydrogens is 312 g/mol. The summed E-state index contributed by atoms with van der Waals surface area (Å²) in [4.78, 5) is 2.03. The Morgan fingerprint density at radius 1 is 1.04 bits per heavy atom. The van der Waals surface area contributed by atoms with E-state index < -0.39 is 9.84 Å². The lowest BCUT2D eigenvalue weighted by Crippen LogP contribution is -2.41. The molecule has 2 aliphatic rings. The molecule has 1 aliphatic carbocycles. The summed E-state index contributed by atoms with van der Waals surface area (Å²) < 4.78 is 25.2. The summed E-state index contributed by atoms with van der Waals surface area (Å²) in [6.07, 6.45) is 2.16. The largest absolute Gasteiger partial charge is 0.339 e. The summed E-state index contributed by atoms with van der Waals surface area (Å²) in [5.41, 5.74) is 1.26. The second-order valence-electron chi connectivity index (χ2n) is 6.47. The molecule has 1 saturated carbocycles. The van der Waals surface area contributed by atoms with Gasteiger partial charge in [0.15, 0.2) is 9.84 Å². The molecule has 0 atom stereocenters. The van der Waals surface area contributed by atoms with Crippen molar-refractivity contribution in [2.45, 2.75) is 18.3 Å². The van der Waals surface area contributed by atoms with Crippen LogP contribution in [0.5, 0.6) is 0 Å². The van der Waals surface area contributed by atoms with Crippen LogP contribution in [-0.2, 0) is 22.3 Å². The zero-order valence-electron chi connectivity index (χ0n) is 13.1. The summed E-state index contributed by atoms with van der Waals surface area (Å²) in [7, 11) is -0.905. The predicted octanol–water partition coefficient (Wildman–Crippen LogP) is 1.13. The van der Waals surface area contributed by atoms with Gasteiger partial charge in [-0.05, 0) is 18.4 Å². The number of nitrogens with zero attached hydrogens (tertiary/aromatic N) is 4. The molecule has 0 bridgehead atoms. The van der Waals surface area contributed by atoms with Crippen LogP contribution >= 0.6 is 0 Å². The SMILES string of the molecule is Cn1c(N2CCS(=O)(=O)CC2)nnc1C1(c2ccccc2)CC1. The van der Waals surface area contributed by atoms with Gasteiger partial charge in [-0.3, -0.25) is 4.57 Å². The summed E-state index contributed by atoms with van der Waals surface area (Å²) in [6.45, 7) is 0.985. The number of hydrogen-bond donors (Lipinski definition) is 0. The lowest BCUT2D eigenvalue weighted by atomic mass is 9.95. The highest BCUT2D eigenvalue weighted by molar-refractivity contribution is 7.91. The molecule has 1 aliphatic heterocycles. The second-order valence-corrected chi connectivity index (χ2v) is 8.77. The molecule has 2 heterocycles. The first-order valence-corrected chi connectivity index (χ1v) is 9.75.